The number of Topliss-reactive ketones (excluding diaryl/α,β-unsaturated/α-hetero) is 1. The van der Waals surface area contributed by atoms with Crippen molar-refractivity contribution in [1.29, 1.82) is 0 Å². The van der Waals surface area contributed by atoms with Gasteiger partial charge in [-0.3, -0.25) is 9.78 Å². The summed E-state index contributed by atoms with van der Waals surface area (Å²) in [7, 11) is 0. The van der Waals surface area contributed by atoms with E-state index in [1.165, 1.54) is 0 Å². The molecule has 3 heterocycles. The van der Waals surface area contributed by atoms with Gasteiger partial charge in [0.05, 0.1) is 0 Å². The van der Waals surface area contributed by atoms with E-state index in [0.717, 1.165) is 48.8 Å². The highest BCUT2D eigenvalue weighted by molar-refractivity contribution is 5.80. The van der Waals surface area contributed by atoms with Gasteiger partial charge in [0.2, 0.25) is 0 Å². The number of anilines is 1. The standard InChI is InChI=1S/C17H20N4O/c1-2-3-14-12-16(21-10-6-15(22)7-11-21)20-17(19-14)13-4-8-18-9-5-13/h4-5,8-9,12H,2-3,6-7,10-11H2,1H3. The lowest BCUT2D eigenvalue weighted by molar-refractivity contribution is -0.119. The molecule has 0 spiro atoms. The van der Waals surface area contributed by atoms with Crippen LogP contribution in [-0.2, 0) is 11.2 Å². The Hall–Kier alpha value is -2.30. The van der Waals surface area contributed by atoms with Crippen LogP contribution in [0.2, 0.25) is 0 Å². The summed E-state index contributed by atoms with van der Waals surface area (Å²) in [6.07, 6.45) is 6.70. The molecule has 114 valence electrons. The van der Waals surface area contributed by atoms with Crippen molar-refractivity contribution in [3.05, 3.63) is 36.3 Å². The first-order valence-corrected chi connectivity index (χ1v) is 7.81. The highest BCUT2D eigenvalue weighted by atomic mass is 16.1. The molecule has 0 aliphatic carbocycles. The highest BCUT2D eigenvalue weighted by Gasteiger charge is 2.19. The van der Waals surface area contributed by atoms with Gasteiger partial charge in [-0.15, -0.1) is 0 Å². The van der Waals surface area contributed by atoms with Crippen LogP contribution < -0.4 is 4.90 Å². The minimum Gasteiger partial charge on any atom is -0.356 e. The molecule has 0 amide bonds. The minimum absolute atomic E-state index is 0.341. The van der Waals surface area contributed by atoms with Gasteiger partial charge in [0.1, 0.15) is 11.6 Å². The number of aryl methyl sites for hydroxylation is 1. The summed E-state index contributed by atoms with van der Waals surface area (Å²) >= 11 is 0. The molecule has 0 atom stereocenters. The Balaban J connectivity index is 1.95. The summed E-state index contributed by atoms with van der Waals surface area (Å²) < 4.78 is 0. The zero-order chi connectivity index (χ0) is 15.4. The summed E-state index contributed by atoms with van der Waals surface area (Å²) in [5.74, 6) is 2.01. The van der Waals surface area contributed by atoms with E-state index < -0.39 is 0 Å². The van der Waals surface area contributed by atoms with E-state index in [4.69, 9.17) is 4.98 Å². The quantitative estimate of drug-likeness (QED) is 0.868. The van der Waals surface area contributed by atoms with Crippen LogP contribution in [0.1, 0.15) is 31.9 Å². The Morgan fingerprint density at radius 3 is 2.55 bits per heavy atom. The average molecular weight is 296 g/mol. The van der Waals surface area contributed by atoms with E-state index in [1.54, 1.807) is 12.4 Å². The molecule has 5 heteroatoms. The van der Waals surface area contributed by atoms with E-state index in [-0.39, 0.29) is 0 Å². The Bertz CT molecular complexity index is 647. The fourth-order valence-corrected chi connectivity index (χ4v) is 2.64. The van der Waals surface area contributed by atoms with Gasteiger partial charge in [-0.05, 0) is 18.6 Å². The predicted octanol–water partition coefficient (Wildman–Crippen LogP) is 2.66. The Kier molecular flexibility index (Phi) is 4.42. The van der Waals surface area contributed by atoms with Gasteiger partial charge in [-0.2, -0.15) is 0 Å². The Morgan fingerprint density at radius 1 is 1.14 bits per heavy atom. The number of carbonyl (C=O) groups excluding carboxylic acids is 1. The molecule has 1 aliphatic heterocycles. The number of carbonyl (C=O) groups is 1. The topological polar surface area (TPSA) is 59.0 Å². The van der Waals surface area contributed by atoms with Crippen molar-refractivity contribution in [3.63, 3.8) is 0 Å². The predicted molar refractivity (Wildman–Crippen MR) is 85.7 cm³/mol. The second-order valence-corrected chi connectivity index (χ2v) is 5.55. The van der Waals surface area contributed by atoms with Gasteiger partial charge in [-0.1, -0.05) is 13.3 Å². The van der Waals surface area contributed by atoms with E-state index in [9.17, 15) is 4.79 Å². The largest absolute Gasteiger partial charge is 0.356 e. The van der Waals surface area contributed by atoms with Crippen molar-refractivity contribution in [1.82, 2.24) is 15.0 Å². The van der Waals surface area contributed by atoms with Crippen LogP contribution in [0, 0.1) is 0 Å². The van der Waals surface area contributed by atoms with E-state index >= 15 is 0 Å². The molecule has 1 fully saturated rings. The summed E-state index contributed by atoms with van der Waals surface area (Å²) in [4.78, 5) is 27.0. The van der Waals surface area contributed by atoms with E-state index in [2.05, 4.69) is 27.9 Å². The van der Waals surface area contributed by atoms with Crippen molar-refractivity contribution < 1.29 is 4.79 Å². The third kappa shape index (κ3) is 3.30. The van der Waals surface area contributed by atoms with Crippen molar-refractivity contribution in [2.75, 3.05) is 18.0 Å². The fraction of sp³-hybridized carbons (Fsp3) is 0.412. The Labute approximate surface area is 130 Å². The summed E-state index contributed by atoms with van der Waals surface area (Å²) in [6, 6.07) is 5.91. The maximum Gasteiger partial charge on any atom is 0.161 e. The summed E-state index contributed by atoms with van der Waals surface area (Å²) in [6.45, 7) is 3.64. The number of hydrogen-bond donors (Lipinski definition) is 0. The SMILES string of the molecule is CCCc1cc(N2CCC(=O)CC2)nc(-c2ccncc2)n1. The average Bonchev–Trinajstić information content (AvgIpc) is 2.56. The number of pyridine rings is 1. The molecule has 0 radical (unpaired) electrons. The van der Waals surface area contributed by atoms with Crippen LogP contribution in [0.5, 0.6) is 0 Å². The molecule has 3 rings (SSSR count). The summed E-state index contributed by atoms with van der Waals surface area (Å²) in [5.41, 5.74) is 2.03. The fourth-order valence-electron chi connectivity index (χ4n) is 2.64. The third-order valence-corrected chi connectivity index (χ3v) is 3.86. The molecule has 5 nitrogen and oxygen atoms in total. The molecule has 22 heavy (non-hydrogen) atoms. The third-order valence-electron chi connectivity index (χ3n) is 3.86. The summed E-state index contributed by atoms with van der Waals surface area (Å²) in [5, 5.41) is 0. The van der Waals surface area contributed by atoms with Gasteiger partial charge in [0, 0.05) is 55.6 Å². The second kappa shape index (κ2) is 6.64. The molecule has 2 aromatic rings. The molecule has 0 N–H and O–H groups in total. The van der Waals surface area contributed by atoms with E-state index in [1.807, 2.05) is 12.1 Å². The van der Waals surface area contributed by atoms with Crippen molar-refractivity contribution in [3.8, 4) is 11.4 Å². The van der Waals surface area contributed by atoms with Crippen LogP contribution in [0.3, 0.4) is 0 Å². The van der Waals surface area contributed by atoms with Gasteiger partial charge < -0.3 is 4.90 Å². The van der Waals surface area contributed by atoms with Crippen molar-refractivity contribution >= 4 is 11.6 Å². The molecule has 1 aliphatic rings. The zero-order valence-electron chi connectivity index (χ0n) is 12.8. The smallest absolute Gasteiger partial charge is 0.161 e. The van der Waals surface area contributed by atoms with Gasteiger partial charge >= 0.3 is 0 Å². The van der Waals surface area contributed by atoms with Gasteiger partial charge in [0.25, 0.3) is 0 Å². The lowest BCUT2D eigenvalue weighted by atomic mass is 10.1. The van der Waals surface area contributed by atoms with Gasteiger partial charge in [-0.25, -0.2) is 9.97 Å². The van der Waals surface area contributed by atoms with Crippen LogP contribution in [0.4, 0.5) is 5.82 Å². The first-order valence-electron chi connectivity index (χ1n) is 7.81. The molecule has 1 saturated heterocycles. The minimum atomic E-state index is 0.341. The van der Waals surface area contributed by atoms with Crippen molar-refractivity contribution in [2.45, 2.75) is 32.6 Å². The molecular formula is C17H20N4O. The number of piperidine rings is 1. The van der Waals surface area contributed by atoms with Crippen molar-refractivity contribution in [2.24, 2.45) is 0 Å². The normalized spacial score (nSPS) is 15.1. The number of hydrogen-bond acceptors (Lipinski definition) is 5. The molecule has 2 aromatic heterocycles. The first-order chi connectivity index (χ1) is 10.8. The maximum atomic E-state index is 11.4. The van der Waals surface area contributed by atoms with E-state index in [0.29, 0.717) is 18.6 Å². The maximum absolute atomic E-state index is 11.4. The molecule has 0 bridgehead atoms. The molecular weight excluding hydrogens is 276 g/mol. The Morgan fingerprint density at radius 2 is 1.86 bits per heavy atom. The lowest BCUT2D eigenvalue weighted by Crippen LogP contribution is -2.34. The van der Waals surface area contributed by atoms with Crippen LogP contribution in [0.25, 0.3) is 11.4 Å². The number of rotatable bonds is 4. The molecule has 0 saturated carbocycles. The first kappa shape index (κ1) is 14.6. The molecule has 0 unspecified atom stereocenters. The second-order valence-electron chi connectivity index (χ2n) is 5.55. The van der Waals surface area contributed by atoms with Crippen LogP contribution >= 0.6 is 0 Å². The highest BCUT2D eigenvalue weighted by Crippen LogP contribution is 2.22. The number of aromatic nitrogens is 3. The lowest BCUT2D eigenvalue weighted by Gasteiger charge is -2.27. The van der Waals surface area contributed by atoms with Gasteiger partial charge in [0.15, 0.2) is 5.82 Å². The zero-order valence-corrected chi connectivity index (χ0v) is 12.8. The van der Waals surface area contributed by atoms with Crippen LogP contribution in [0.15, 0.2) is 30.6 Å². The number of nitrogens with zero attached hydrogens (tertiary/aromatic N) is 4. The van der Waals surface area contributed by atoms with Crippen LogP contribution in [-0.4, -0.2) is 33.8 Å². The monoisotopic (exact) mass is 296 g/mol. The molecule has 0 aromatic carbocycles. The number of ketones is 1.